The van der Waals surface area contributed by atoms with Crippen LogP contribution in [0.15, 0.2) is 5.11 Å². The van der Waals surface area contributed by atoms with E-state index in [0.29, 0.717) is 13.0 Å². The van der Waals surface area contributed by atoms with Gasteiger partial charge in [0.05, 0.1) is 5.92 Å². The lowest BCUT2D eigenvalue weighted by Crippen LogP contribution is -2.10. The average molecular weight is 169 g/mol. The molecule has 0 heterocycles. The molecule has 0 radical (unpaired) electrons. The predicted octanol–water partition coefficient (Wildman–Crippen LogP) is 1.80. The molecular formula is C7H11N3O2. The Bertz CT molecular complexity index is 223. The van der Waals surface area contributed by atoms with Crippen LogP contribution in [0.1, 0.15) is 19.3 Å². The fourth-order valence-corrected chi connectivity index (χ4v) is 1.62. The van der Waals surface area contributed by atoms with Gasteiger partial charge in [0.1, 0.15) is 0 Å². The lowest BCUT2D eigenvalue weighted by Gasteiger charge is -2.03. The van der Waals surface area contributed by atoms with Crippen molar-refractivity contribution in [2.45, 2.75) is 19.3 Å². The van der Waals surface area contributed by atoms with Crippen LogP contribution >= 0.6 is 0 Å². The Kier molecular flexibility index (Phi) is 2.94. The summed E-state index contributed by atoms with van der Waals surface area (Å²) in [5.41, 5.74) is 8.04. The zero-order chi connectivity index (χ0) is 8.97. The molecule has 1 aliphatic rings. The lowest BCUT2D eigenvalue weighted by molar-refractivity contribution is -0.141. The van der Waals surface area contributed by atoms with Crippen LogP contribution in [0.2, 0.25) is 0 Å². The van der Waals surface area contributed by atoms with Crippen LogP contribution in [0.5, 0.6) is 0 Å². The largest absolute Gasteiger partial charge is 0.481 e. The molecule has 1 fully saturated rings. The third-order valence-electron chi connectivity index (χ3n) is 2.29. The van der Waals surface area contributed by atoms with E-state index in [1.54, 1.807) is 0 Å². The fraction of sp³-hybridized carbons (Fsp3) is 0.857. The van der Waals surface area contributed by atoms with Gasteiger partial charge in [-0.1, -0.05) is 5.11 Å². The maximum Gasteiger partial charge on any atom is 0.306 e. The summed E-state index contributed by atoms with van der Waals surface area (Å²) in [6, 6.07) is 0. The van der Waals surface area contributed by atoms with Crippen LogP contribution in [-0.2, 0) is 4.79 Å². The Hall–Kier alpha value is -1.22. The van der Waals surface area contributed by atoms with Crippen LogP contribution in [-0.4, -0.2) is 17.6 Å². The maximum atomic E-state index is 10.5. The summed E-state index contributed by atoms with van der Waals surface area (Å²) in [6.07, 6.45) is 2.26. The monoisotopic (exact) mass is 169 g/mol. The predicted molar refractivity (Wildman–Crippen MR) is 42.5 cm³/mol. The molecule has 1 saturated carbocycles. The van der Waals surface area contributed by atoms with Crippen LogP contribution in [0, 0.1) is 11.8 Å². The van der Waals surface area contributed by atoms with Gasteiger partial charge in [0.25, 0.3) is 0 Å². The molecule has 2 atom stereocenters. The highest BCUT2D eigenvalue weighted by Crippen LogP contribution is 2.30. The number of azide groups is 1. The second-order valence-corrected chi connectivity index (χ2v) is 3.13. The summed E-state index contributed by atoms with van der Waals surface area (Å²) in [5.74, 6) is -0.663. The summed E-state index contributed by atoms with van der Waals surface area (Å²) >= 11 is 0. The van der Waals surface area contributed by atoms with Gasteiger partial charge in [-0.15, -0.1) is 0 Å². The fourth-order valence-electron chi connectivity index (χ4n) is 1.62. The summed E-state index contributed by atoms with van der Waals surface area (Å²) in [6.45, 7) is 0.445. The Morgan fingerprint density at radius 1 is 1.67 bits per heavy atom. The average Bonchev–Trinajstić information content (AvgIpc) is 2.48. The van der Waals surface area contributed by atoms with Crippen molar-refractivity contribution in [2.24, 2.45) is 17.0 Å². The molecule has 2 unspecified atom stereocenters. The molecule has 1 N–H and O–H groups in total. The van der Waals surface area contributed by atoms with Gasteiger partial charge in [0, 0.05) is 11.5 Å². The van der Waals surface area contributed by atoms with E-state index < -0.39 is 5.97 Å². The molecule has 12 heavy (non-hydrogen) atoms. The van der Waals surface area contributed by atoms with Gasteiger partial charge in [-0.3, -0.25) is 4.79 Å². The molecule has 5 nitrogen and oxygen atoms in total. The number of rotatable bonds is 3. The first-order valence-corrected chi connectivity index (χ1v) is 3.97. The number of nitrogens with zero attached hydrogens (tertiary/aromatic N) is 3. The summed E-state index contributed by atoms with van der Waals surface area (Å²) < 4.78 is 0. The topological polar surface area (TPSA) is 86.1 Å². The highest BCUT2D eigenvalue weighted by molar-refractivity contribution is 5.70. The van der Waals surface area contributed by atoms with Crippen molar-refractivity contribution in [2.75, 3.05) is 6.54 Å². The highest BCUT2D eigenvalue weighted by Gasteiger charge is 2.28. The molecule has 0 bridgehead atoms. The Morgan fingerprint density at radius 2 is 2.42 bits per heavy atom. The molecule has 66 valence electrons. The van der Waals surface area contributed by atoms with Crippen molar-refractivity contribution in [1.29, 1.82) is 0 Å². The summed E-state index contributed by atoms with van der Waals surface area (Å²) in [5, 5.41) is 12.1. The minimum atomic E-state index is -0.724. The third kappa shape index (κ3) is 2.13. The highest BCUT2D eigenvalue weighted by atomic mass is 16.4. The van der Waals surface area contributed by atoms with Crippen LogP contribution < -0.4 is 0 Å². The molecule has 1 rings (SSSR count). The quantitative estimate of drug-likeness (QED) is 0.396. The second kappa shape index (κ2) is 3.97. The van der Waals surface area contributed by atoms with Crippen molar-refractivity contribution in [3.8, 4) is 0 Å². The lowest BCUT2D eigenvalue weighted by atomic mass is 10.1. The minimum Gasteiger partial charge on any atom is -0.481 e. The molecule has 5 heteroatoms. The van der Waals surface area contributed by atoms with E-state index in [1.807, 2.05) is 0 Å². The SMILES string of the molecule is [N-]=[N+]=NCC1CCC(C(=O)O)C1. The van der Waals surface area contributed by atoms with Gasteiger partial charge in [0.2, 0.25) is 0 Å². The van der Waals surface area contributed by atoms with E-state index >= 15 is 0 Å². The number of carbonyl (C=O) groups is 1. The van der Waals surface area contributed by atoms with E-state index in [4.69, 9.17) is 10.6 Å². The molecule has 0 aromatic heterocycles. The van der Waals surface area contributed by atoms with E-state index in [-0.39, 0.29) is 11.8 Å². The van der Waals surface area contributed by atoms with Crippen molar-refractivity contribution in [1.82, 2.24) is 0 Å². The van der Waals surface area contributed by atoms with Gasteiger partial charge in [-0.2, -0.15) is 0 Å². The van der Waals surface area contributed by atoms with Crippen molar-refractivity contribution in [3.05, 3.63) is 10.4 Å². The number of hydrogen-bond acceptors (Lipinski definition) is 2. The minimum absolute atomic E-state index is 0.219. The smallest absolute Gasteiger partial charge is 0.306 e. The number of aliphatic carboxylic acids is 1. The number of hydrogen-bond donors (Lipinski definition) is 1. The van der Waals surface area contributed by atoms with Gasteiger partial charge < -0.3 is 5.11 Å². The van der Waals surface area contributed by atoms with Gasteiger partial charge in [-0.05, 0) is 30.7 Å². The molecule has 0 saturated heterocycles. The molecule has 0 amide bonds. The van der Waals surface area contributed by atoms with Crippen LogP contribution in [0.25, 0.3) is 10.4 Å². The van der Waals surface area contributed by atoms with Gasteiger partial charge >= 0.3 is 5.97 Å². The standard InChI is InChI=1S/C7H11N3O2/c8-10-9-4-5-1-2-6(3-5)7(11)12/h5-6H,1-4H2,(H,11,12). The summed E-state index contributed by atoms with van der Waals surface area (Å²) in [7, 11) is 0. The Labute approximate surface area is 70.0 Å². The van der Waals surface area contributed by atoms with Crippen molar-refractivity contribution >= 4 is 5.97 Å². The molecule has 0 aliphatic heterocycles. The second-order valence-electron chi connectivity index (χ2n) is 3.13. The molecule has 1 aliphatic carbocycles. The molecule has 0 spiro atoms. The van der Waals surface area contributed by atoms with Gasteiger partial charge in [0.15, 0.2) is 0 Å². The van der Waals surface area contributed by atoms with E-state index in [0.717, 1.165) is 12.8 Å². The third-order valence-corrected chi connectivity index (χ3v) is 2.29. The Morgan fingerprint density at radius 3 is 2.92 bits per heavy atom. The maximum absolute atomic E-state index is 10.5. The van der Waals surface area contributed by atoms with Crippen LogP contribution in [0.3, 0.4) is 0 Å². The first-order valence-electron chi connectivity index (χ1n) is 3.97. The Balaban J connectivity index is 2.35. The van der Waals surface area contributed by atoms with Crippen LogP contribution in [0.4, 0.5) is 0 Å². The van der Waals surface area contributed by atoms with Crippen molar-refractivity contribution in [3.63, 3.8) is 0 Å². The first-order chi connectivity index (χ1) is 5.74. The van der Waals surface area contributed by atoms with E-state index in [2.05, 4.69) is 10.0 Å². The zero-order valence-electron chi connectivity index (χ0n) is 6.68. The first kappa shape index (κ1) is 8.87. The van der Waals surface area contributed by atoms with E-state index in [1.165, 1.54) is 0 Å². The normalized spacial score (nSPS) is 28.0. The summed E-state index contributed by atoms with van der Waals surface area (Å²) in [4.78, 5) is 13.2. The molecular weight excluding hydrogens is 158 g/mol. The molecule has 0 aromatic rings. The molecule has 0 aromatic carbocycles. The number of carboxylic acid groups (broad SMARTS) is 1. The zero-order valence-corrected chi connectivity index (χ0v) is 6.68. The number of carboxylic acids is 1. The van der Waals surface area contributed by atoms with E-state index in [9.17, 15) is 4.79 Å². The van der Waals surface area contributed by atoms with Crippen molar-refractivity contribution < 1.29 is 9.90 Å². The van der Waals surface area contributed by atoms with Gasteiger partial charge in [-0.25, -0.2) is 0 Å².